The molecular formula is C12H11BrN6O. The first-order valence-corrected chi connectivity index (χ1v) is 6.76. The summed E-state index contributed by atoms with van der Waals surface area (Å²) in [6.45, 7) is 1.09. The Bertz CT molecular complexity index is 722. The number of halogens is 1. The minimum absolute atomic E-state index is 0.332. The normalized spacial score (nSPS) is 10.9. The monoisotopic (exact) mass is 334 g/mol. The largest absolute Gasteiger partial charge is 0.332 e. The molecule has 0 aliphatic rings. The van der Waals surface area contributed by atoms with Crippen LogP contribution >= 0.6 is 15.9 Å². The van der Waals surface area contributed by atoms with Gasteiger partial charge in [-0.05, 0) is 12.1 Å². The second-order valence-electron chi connectivity index (χ2n) is 4.06. The van der Waals surface area contributed by atoms with Gasteiger partial charge >= 0.3 is 0 Å². The molecule has 0 atom stereocenters. The summed E-state index contributed by atoms with van der Waals surface area (Å²) in [4.78, 5) is 4.33. The third-order valence-electron chi connectivity index (χ3n) is 2.66. The molecule has 2 N–H and O–H groups in total. The highest BCUT2D eigenvalue weighted by Crippen LogP contribution is 2.27. The zero-order chi connectivity index (χ0) is 13.9. The fourth-order valence-electron chi connectivity index (χ4n) is 1.72. The first-order valence-electron chi connectivity index (χ1n) is 5.97. The predicted molar refractivity (Wildman–Crippen MR) is 75.5 cm³/mol. The average Bonchev–Trinajstić information content (AvgIpc) is 3.08. The fourth-order valence-corrected chi connectivity index (χ4v) is 2.18. The van der Waals surface area contributed by atoms with Crippen LogP contribution in [0.2, 0.25) is 0 Å². The van der Waals surface area contributed by atoms with E-state index in [9.17, 15) is 0 Å². The Hall–Kier alpha value is -2.06. The molecule has 7 nitrogen and oxygen atoms in total. The molecular weight excluding hydrogens is 324 g/mol. The van der Waals surface area contributed by atoms with Crippen molar-refractivity contribution >= 4 is 15.9 Å². The number of benzene rings is 1. The summed E-state index contributed by atoms with van der Waals surface area (Å²) >= 11 is 3.46. The van der Waals surface area contributed by atoms with Gasteiger partial charge in [-0.25, -0.2) is 0 Å². The molecule has 0 bridgehead atoms. The van der Waals surface area contributed by atoms with Gasteiger partial charge in [0.15, 0.2) is 5.69 Å². The van der Waals surface area contributed by atoms with Crippen LogP contribution in [0.3, 0.4) is 0 Å². The Balaban J connectivity index is 1.91. The van der Waals surface area contributed by atoms with Gasteiger partial charge in [-0.15, -0.1) is 5.10 Å². The Kier molecular flexibility index (Phi) is 3.57. The van der Waals surface area contributed by atoms with Crippen LogP contribution in [0, 0.1) is 0 Å². The van der Waals surface area contributed by atoms with Crippen molar-refractivity contribution in [2.75, 3.05) is 6.54 Å². The van der Waals surface area contributed by atoms with E-state index in [0.29, 0.717) is 30.5 Å². The van der Waals surface area contributed by atoms with Gasteiger partial charge in [0.05, 0.1) is 12.7 Å². The van der Waals surface area contributed by atoms with Gasteiger partial charge < -0.3 is 10.3 Å². The summed E-state index contributed by atoms with van der Waals surface area (Å²) in [5.74, 6) is 0.833. The van der Waals surface area contributed by atoms with E-state index >= 15 is 0 Å². The molecule has 0 aliphatic carbocycles. The SMILES string of the molecule is NCCn1cc(-c2nc(-c3ccccc3Br)no2)nn1. The van der Waals surface area contributed by atoms with Crippen molar-refractivity contribution in [3.05, 3.63) is 34.9 Å². The summed E-state index contributed by atoms with van der Waals surface area (Å²) in [5.41, 5.74) is 6.85. The van der Waals surface area contributed by atoms with Crippen LogP contribution < -0.4 is 5.73 Å². The number of hydrogen-bond acceptors (Lipinski definition) is 6. The van der Waals surface area contributed by atoms with E-state index in [-0.39, 0.29) is 0 Å². The molecule has 0 saturated carbocycles. The van der Waals surface area contributed by atoms with E-state index in [1.165, 1.54) is 0 Å². The van der Waals surface area contributed by atoms with Gasteiger partial charge in [-0.3, -0.25) is 4.68 Å². The molecule has 102 valence electrons. The molecule has 0 fully saturated rings. The Morgan fingerprint density at radius 3 is 2.95 bits per heavy atom. The maximum atomic E-state index is 5.46. The van der Waals surface area contributed by atoms with Crippen LogP contribution in [0.25, 0.3) is 23.0 Å². The van der Waals surface area contributed by atoms with Crippen molar-refractivity contribution in [2.45, 2.75) is 6.54 Å². The molecule has 1 aromatic carbocycles. The maximum Gasteiger partial charge on any atom is 0.280 e. The maximum absolute atomic E-state index is 5.46. The van der Waals surface area contributed by atoms with Crippen LogP contribution in [-0.2, 0) is 6.54 Å². The van der Waals surface area contributed by atoms with Gasteiger partial charge in [0.1, 0.15) is 0 Å². The third kappa shape index (κ3) is 2.47. The Labute approximate surface area is 122 Å². The quantitative estimate of drug-likeness (QED) is 0.780. The summed E-state index contributed by atoms with van der Waals surface area (Å²) in [6.07, 6.45) is 1.73. The lowest BCUT2D eigenvalue weighted by Gasteiger charge is -1.96. The summed E-state index contributed by atoms with van der Waals surface area (Å²) < 4.78 is 7.76. The molecule has 3 rings (SSSR count). The first kappa shape index (κ1) is 12.9. The minimum Gasteiger partial charge on any atom is -0.332 e. The Morgan fingerprint density at radius 1 is 1.30 bits per heavy atom. The molecule has 0 amide bonds. The lowest BCUT2D eigenvalue weighted by molar-refractivity contribution is 0.431. The van der Waals surface area contributed by atoms with Crippen molar-refractivity contribution in [3.8, 4) is 23.0 Å². The van der Waals surface area contributed by atoms with Gasteiger partial charge in [-0.2, -0.15) is 4.98 Å². The summed E-state index contributed by atoms with van der Waals surface area (Å²) in [5, 5.41) is 11.9. The molecule has 0 spiro atoms. The number of hydrogen-bond donors (Lipinski definition) is 1. The van der Waals surface area contributed by atoms with Crippen molar-refractivity contribution in [1.29, 1.82) is 0 Å². The van der Waals surface area contributed by atoms with Gasteiger partial charge in [0.25, 0.3) is 5.89 Å². The second-order valence-corrected chi connectivity index (χ2v) is 4.91. The third-order valence-corrected chi connectivity index (χ3v) is 3.35. The Morgan fingerprint density at radius 2 is 2.15 bits per heavy atom. The van der Waals surface area contributed by atoms with Crippen molar-refractivity contribution < 1.29 is 4.52 Å². The van der Waals surface area contributed by atoms with Gasteiger partial charge in [0.2, 0.25) is 5.82 Å². The van der Waals surface area contributed by atoms with E-state index in [1.54, 1.807) is 10.9 Å². The van der Waals surface area contributed by atoms with Gasteiger partial charge in [0, 0.05) is 16.6 Å². The van der Waals surface area contributed by atoms with E-state index < -0.39 is 0 Å². The zero-order valence-electron chi connectivity index (χ0n) is 10.4. The van der Waals surface area contributed by atoms with Crippen molar-refractivity contribution in [3.63, 3.8) is 0 Å². The molecule has 2 heterocycles. The van der Waals surface area contributed by atoms with E-state index in [4.69, 9.17) is 10.3 Å². The number of nitrogens with zero attached hydrogens (tertiary/aromatic N) is 5. The highest BCUT2D eigenvalue weighted by molar-refractivity contribution is 9.10. The van der Waals surface area contributed by atoms with E-state index in [0.717, 1.165) is 10.0 Å². The van der Waals surface area contributed by atoms with Crippen molar-refractivity contribution in [2.24, 2.45) is 5.73 Å². The van der Waals surface area contributed by atoms with Crippen LogP contribution in [0.5, 0.6) is 0 Å². The lowest BCUT2D eigenvalue weighted by atomic mass is 10.2. The summed E-state index contributed by atoms with van der Waals surface area (Å²) in [7, 11) is 0. The molecule has 0 unspecified atom stereocenters. The number of nitrogens with two attached hydrogens (primary N) is 1. The molecule has 2 aromatic heterocycles. The predicted octanol–water partition coefficient (Wildman–Crippen LogP) is 1.72. The average molecular weight is 335 g/mol. The smallest absolute Gasteiger partial charge is 0.280 e. The van der Waals surface area contributed by atoms with Crippen LogP contribution in [-0.4, -0.2) is 31.7 Å². The fraction of sp³-hybridized carbons (Fsp3) is 0.167. The highest BCUT2D eigenvalue weighted by atomic mass is 79.9. The molecule has 0 aliphatic heterocycles. The molecule has 20 heavy (non-hydrogen) atoms. The summed E-state index contributed by atoms with van der Waals surface area (Å²) in [6, 6.07) is 7.66. The van der Waals surface area contributed by atoms with Crippen LogP contribution in [0.1, 0.15) is 0 Å². The van der Waals surface area contributed by atoms with E-state index in [1.807, 2.05) is 24.3 Å². The van der Waals surface area contributed by atoms with E-state index in [2.05, 4.69) is 36.4 Å². The number of aromatic nitrogens is 5. The molecule has 0 radical (unpaired) electrons. The molecule has 3 aromatic rings. The minimum atomic E-state index is 0.332. The van der Waals surface area contributed by atoms with Crippen molar-refractivity contribution in [1.82, 2.24) is 25.1 Å². The second kappa shape index (κ2) is 5.51. The number of rotatable bonds is 4. The highest BCUT2D eigenvalue weighted by Gasteiger charge is 2.15. The molecule has 8 heteroatoms. The standard InChI is InChI=1S/C12H11BrN6O/c13-9-4-2-1-3-8(9)11-15-12(20-17-11)10-7-19(6-5-14)18-16-10/h1-4,7H,5-6,14H2. The lowest BCUT2D eigenvalue weighted by Crippen LogP contribution is -2.10. The van der Waals surface area contributed by atoms with Crippen LogP contribution in [0.15, 0.2) is 39.5 Å². The first-order chi connectivity index (χ1) is 9.78. The molecule has 0 saturated heterocycles. The zero-order valence-corrected chi connectivity index (χ0v) is 12.0. The topological polar surface area (TPSA) is 95.7 Å². The van der Waals surface area contributed by atoms with Gasteiger partial charge in [-0.1, -0.05) is 38.4 Å². The van der Waals surface area contributed by atoms with Crippen LogP contribution in [0.4, 0.5) is 0 Å².